The van der Waals surface area contributed by atoms with E-state index in [-0.39, 0.29) is 11.8 Å². The summed E-state index contributed by atoms with van der Waals surface area (Å²) in [6.07, 6.45) is 3.62. The number of anilines is 1. The second kappa shape index (κ2) is 8.07. The first-order valence-corrected chi connectivity index (χ1v) is 10.6. The van der Waals surface area contributed by atoms with Crippen molar-refractivity contribution in [2.75, 3.05) is 37.7 Å². The van der Waals surface area contributed by atoms with Crippen LogP contribution in [0, 0.1) is 0 Å². The Kier molecular flexibility index (Phi) is 6.28. The minimum absolute atomic E-state index is 0.0218. The number of likely N-dealkylation sites (N-methyl/N-ethyl adjacent to an activating group) is 1. The van der Waals surface area contributed by atoms with E-state index in [4.69, 9.17) is 0 Å². The minimum atomic E-state index is -3.35. The lowest BCUT2D eigenvalue weighted by atomic mass is 10.0. The number of nitrogens with zero attached hydrogens (tertiary/aromatic N) is 3. The molecule has 0 radical (unpaired) electrons. The minimum Gasteiger partial charge on any atom is -0.342 e. The standard InChI is InChI=1S/C18H27N3O4S/c1-5-6-7-16-18(23)19(2)12-13-21(16)17(22)14-8-10-15(11-9-14)20(3)26(4,24)25/h8-11,16H,5-7,12-13H2,1-4H3. The molecule has 0 N–H and O–H groups in total. The van der Waals surface area contributed by atoms with Gasteiger partial charge in [-0.25, -0.2) is 8.42 Å². The molecule has 1 heterocycles. The number of rotatable bonds is 6. The lowest BCUT2D eigenvalue weighted by molar-refractivity contribution is -0.138. The van der Waals surface area contributed by atoms with Gasteiger partial charge >= 0.3 is 0 Å². The lowest BCUT2D eigenvalue weighted by Gasteiger charge is -2.39. The molecule has 1 aliphatic rings. The van der Waals surface area contributed by atoms with E-state index in [9.17, 15) is 18.0 Å². The number of carbonyl (C=O) groups is 2. The third kappa shape index (κ3) is 4.35. The zero-order valence-electron chi connectivity index (χ0n) is 15.8. The summed E-state index contributed by atoms with van der Waals surface area (Å²) in [5, 5.41) is 0. The fraction of sp³-hybridized carbons (Fsp3) is 0.556. The van der Waals surface area contributed by atoms with Crippen LogP contribution in [0.15, 0.2) is 24.3 Å². The average Bonchev–Trinajstić information content (AvgIpc) is 2.61. The molecule has 1 atom stereocenters. The highest BCUT2D eigenvalue weighted by molar-refractivity contribution is 7.92. The molecule has 1 saturated heterocycles. The Labute approximate surface area is 155 Å². The summed E-state index contributed by atoms with van der Waals surface area (Å²) in [5.74, 6) is -0.215. The topological polar surface area (TPSA) is 78.0 Å². The smallest absolute Gasteiger partial charge is 0.254 e. The predicted molar refractivity (Wildman–Crippen MR) is 102 cm³/mol. The molecular weight excluding hydrogens is 354 g/mol. The molecule has 0 spiro atoms. The van der Waals surface area contributed by atoms with Crippen LogP contribution in [0.3, 0.4) is 0 Å². The molecule has 0 bridgehead atoms. The van der Waals surface area contributed by atoms with Crippen LogP contribution in [-0.4, -0.2) is 69.5 Å². The number of sulfonamides is 1. The molecular formula is C18H27N3O4S. The van der Waals surface area contributed by atoms with Crippen LogP contribution in [0.25, 0.3) is 0 Å². The molecule has 2 amide bonds. The monoisotopic (exact) mass is 381 g/mol. The molecule has 0 aliphatic carbocycles. The second-order valence-corrected chi connectivity index (χ2v) is 8.71. The van der Waals surface area contributed by atoms with Crippen molar-refractivity contribution < 1.29 is 18.0 Å². The summed E-state index contributed by atoms with van der Waals surface area (Å²) in [5.41, 5.74) is 0.940. The van der Waals surface area contributed by atoms with Crippen molar-refractivity contribution in [2.45, 2.75) is 32.2 Å². The summed E-state index contributed by atoms with van der Waals surface area (Å²) in [4.78, 5) is 28.7. The first kappa shape index (κ1) is 20.2. The molecule has 8 heteroatoms. The van der Waals surface area contributed by atoms with Crippen molar-refractivity contribution in [2.24, 2.45) is 0 Å². The number of hydrogen-bond donors (Lipinski definition) is 0. The van der Waals surface area contributed by atoms with E-state index in [2.05, 4.69) is 6.92 Å². The van der Waals surface area contributed by atoms with Crippen molar-refractivity contribution in [3.8, 4) is 0 Å². The van der Waals surface area contributed by atoms with E-state index < -0.39 is 16.1 Å². The first-order chi connectivity index (χ1) is 12.2. The van der Waals surface area contributed by atoms with Gasteiger partial charge in [0.05, 0.1) is 11.9 Å². The molecule has 1 aliphatic heterocycles. The van der Waals surface area contributed by atoms with E-state index >= 15 is 0 Å². The predicted octanol–water partition coefficient (Wildman–Crippen LogP) is 1.56. The molecule has 0 saturated carbocycles. The van der Waals surface area contributed by atoms with Crippen LogP contribution < -0.4 is 4.31 Å². The van der Waals surface area contributed by atoms with E-state index in [0.29, 0.717) is 30.8 Å². The van der Waals surface area contributed by atoms with Gasteiger partial charge in [-0.2, -0.15) is 0 Å². The number of piperazine rings is 1. The Bertz CT molecular complexity index is 761. The Balaban J connectivity index is 2.22. The molecule has 0 aromatic heterocycles. The number of hydrogen-bond acceptors (Lipinski definition) is 4. The fourth-order valence-corrected chi connectivity index (χ4v) is 3.51. The van der Waals surface area contributed by atoms with Gasteiger partial charge in [0.1, 0.15) is 6.04 Å². The van der Waals surface area contributed by atoms with Crippen LogP contribution >= 0.6 is 0 Å². The Morgan fingerprint density at radius 3 is 2.38 bits per heavy atom. The summed E-state index contributed by atoms with van der Waals surface area (Å²) < 4.78 is 24.4. The van der Waals surface area contributed by atoms with Crippen LogP contribution in [0.2, 0.25) is 0 Å². The molecule has 2 rings (SSSR count). The van der Waals surface area contributed by atoms with Crippen molar-refractivity contribution >= 4 is 27.5 Å². The largest absolute Gasteiger partial charge is 0.342 e. The highest BCUT2D eigenvalue weighted by atomic mass is 32.2. The van der Waals surface area contributed by atoms with Crippen LogP contribution in [0.4, 0.5) is 5.69 Å². The van der Waals surface area contributed by atoms with Gasteiger partial charge in [-0.15, -0.1) is 0 Å². The maximum atomic E-state index is 12.9. The summed E-state index contributed by atoms with van der Waals surface area (Å²) in [6.45, 7) is 3.07. The number of carbonyl (C=O) groups excluding carboxylic acids is 2. The lowest BCUT2D eigenvalue weighted by Crippen LogP contribution is -2.57. The highest BCUT2D eigenvalue weighted by Gasteiger charge is 2.35. The van der Waals surface area contributed by atoms with Gasteiger partial charge in [0, 0.05) is 32.7 Å². The number of benzene rings is 1. The van der Waals surface area contributed by atoms with E-state index in [1.54, 1.807) is 41.1 Å². The van der Waals surface area contributed by atoms with E-state index in [1.807, 2.05) is 0 Å². The Hall–Kier alpha value is -2.09. The summed E-state index contributed by atoms with van der Waals surface area (Å²) in [6, 6.07) is 6.00. The van der Waals surface area contributed by atoms with Gasteiger partial charge in [-0.3, -0.25) is 13.9 Å². The zero-order chi connectivity index (χ0) is 19.5. The second-order valence-electron chi connectivity index (χ2n) is 6.69. The average molecular weight is 381 g/mol. The van der Waals surface area contributed by atoms with Crippen LogP contribution in [0.1, 0.15) is 36.5 Å². The fourth-order valence-electron chi connectivity index (χ4n) is 3.00. The molecule has 1 unspecified atom stereocenters. The van der Waals surface area contributed by atoms with Crippen LogP contribution in [0.5, 0.6) is 0 Å². The summed E-state index contributed by atoms with van der Waals surface area (Å²) >= 11 is 0. The molecule has 26 heavy (non-hydrogen) atoms. The number of amides is 2. The summed E-state index contributed by atoms with van der Waals surface area (Å²) in [7, 11) is -0.127. The van der Waals surface area contributed by atoms with Gasteiger partial charge in [-0.1, -0.05) is 19.8 Å². The Morgan fingerprint density at radius 1 is 1.23 bits per heavy atom. The maximum Gasteiger partial charge on any atom is 0.254 e. The van der Waals surface area contributed by atoms with Gasteiger partial charge in [0.25, 0.3) is 5.91 Å². The Morgan fingerprint density at radius 2 is 1.85 bits per heavy atom. The molecule has 1 fully saturated rings. The van der Waals surface area contributed by atoms with Crippen molar-refractivity contribution in [1.82, 2.24) is 9.80 Å². The number of unbranched alkanes of at least 4 members (excludes halogenated alkanes) is 1. The highest BCUT2D eigenvalue weighted by Crippen LogP contribution is 2.21. The van der Waals surface area contributed by atoms with Gasteiger partial charge in [0.2, 0.25) is 15.9 Å². The SMILES string of the molecule is CCCCC1C(=O)N(C)CCN1C(=O)c1ccc(N(C)S(C)(=O)=O)cc1. The quantitative estimate of drug-likeness (QED) is 0.749. The third-order valence-corrected chi connectivity index (χ3v) is 5.99. The van der Waals surface area contributed by atoms with Gasteiger partial charge in [-0.05, 0) is 30.7 Å². The molecule has 1 aromatic carbocycles. The van der Waals surface area contributed by atoms with Crippen molar-refractivity contribution in [3.05, 3.63) is 29.8 Å². The molecule has 144 valence electrons. The third-order valence-electron chi connectivity index (χ3n) is 4.78. The van der Waals surface area contributed by atoms with Crippen molar-refractivity contribution in [1.29, 1.82) is 0 Å². The van der Waals surface area contributed by atoms with Crippen LogP contribution in [-0.2, 0) is 14.8 Å². The maximum absolute atomic E-state index is 12.9. The van der Waals surface area contributed by atoms with Gasteiger partial charge in [0.15, 0.2) is 0 Å². The van der Waals surface area contributed by atoms with Crippen molar-refractivity contribution in [3.63, 3.8) is 0 Å². The normalized spacial score (nSPS) is 18.2. The van der Waals surface area contributed by atoms with Gasteiger partial charge < -0.3 is 9.80 Å². The zero-order valence-corrected chi connectivity index (χ0v) is 16.6. The van der Waals surface area contributed by atoms with E-state index in [1.165, 1.54) is 7.05 Å². The molecule has 1 aromatic rings. The molecule has 7 nitrogen and oxygen atoms in total. The van der Waals surface area contributed by atoms with E-state index in [0.717, 1.165) is 23.4 Å². The first-order valence-electron chi connectivity index (χ1n) is 8.76.